The summed E-state index contributed by atoms with van der Waals surface area (Å²) in [6, 6.07) is 9.78. The third-order valence-corrected chi connectivity index (χ3v) is 4.72. The van der Waals surface area contributed by atoms with Gasteiger partial charge in [-0.1, -0.05) is 0 Å². The van der Waals surface area contributed by atoms with Crippen molar-refractivity contribution in [2.24, 2.45) is 0 Å². The van der Waals surface area contributed by atoms with Gasteiger partial charge in [-0.25, -0.2) is 4.39 Å². The Balaban J connectivity index is 1.84. The minimum absolute atomic E-state index is 0.321. The summed E-state index contributed by atoms with van der Waals surface area (Å²) in [6.07, 6.45) is 2.21. The fourth-order valence-electron chi connectivity index (χ4n) is 2.81. The summed E-state index contributed by atoms with van der Waals surface area (Å²) < 4.78 is 19.7. The Hall–Kier alpha value is -2.08. The molecule has 0 spiro atoms. The van der Waals surface area contributed by atoms with Gasteiger partial charge in [-0.15, -0.1) is 0 Å². The van der Waals surface area contributed by atoms with Crippen molar-refractivity contribution in [3.63, 3.8) is 0 Å². The van der Waals surface area contributed by atoms with Gasteiger partial charge in [0.15, 0.2) is 0 Å². The highest BCUT2D eigenvalue weighted by Crippen LogP contribution is 2.27. The number of ether oxygens (including phenoxy) is 1. The summed E-state index contributed by atoms with van der Waals surface area (Å²) in [4.78, 5) is 14.6. The Labute approximate surface area is 148 Å². The average molecular weight is 393 g/mol. The monoisotopic (exact) mass is 392 g/mol. The molecule has 4 nitrogen and oxygen atoms in total. The van der Waals surface area contributed by atoms with E-state index in [1.165, 1.54) is 12.1 Å². The second kappa shape index (κ2) is 7.21. The summed E-state index contributed by atoms with van der Waals surface area (Å²) in [5, 5.41) is 2.76. The average Bonchev–Trinajstić information content (AvgIpc) is 3.09. The van der Waals surface area contributed by atoms with E-state index in [0.29, 0.717) is 21.5 Å². The van der Waals surface area contributed by atoms with Gasteiger partial charge in [0.1, 0.15) is 11.6 Å². The zero-order chi connectivity index (χ0) is 17.1. The van der Waals surface area contributed by atoms with E-state index in [-0.39, 0.29) is 11.7 Å². The summed E-state index contributed by atoms with van der Waals surface area (Å²) in [5.41, 5.74) is 1.67. The molecule has 0 radical (unpaired) electrons. The van der Waals surface area contributed by atoms with E-state index >= 15 is 0 Å². The van der Waals surface area contributed by atoms with Crippen LogP contribution in [-0.2, 0) is 0 Å². The number of carbonyl (C=O) groups is 1. The van der Waals surface area contributed by atoms with Crippen LogP contribution in [0.25, 0.3) is 0 Å². The van der Waals surface area contributed by atoms with Crippen molar-refractivity contribution in [3.8, 4) is 5.75 Å². The van der Waals surface area contributed by atoms with Crippen molar-refractivity contribution in [3.05, 3.63) is 52.3 Å². The molecule has 126 valence electrons. The number of methoxy groups -OCH3 is 1. The molecule has 1 aliphatic rings. The van der Waals surface area contributed by atoms with Gasteiger partial charge in [0.2, 0.25) is 0 Å². The first-order chi connectivity index (χ1) is 11.6. The predicted molar refractivity (Wildman–Crippen MR) is 96.5 cm³/mol. The Morgan fingerprint density at radius 3 is 2.67 bits per heavy atom. The second-order valence-corrected chi connectivity index (χ2v) is 6.55. The smallest absolute Gasteiger partial charge is 0.256 e. The predicted octanol–water partition coefficient (Wildman–Crippen LogP) is 4.45. The maximum Gasteiger partial charge on any atom is 0.256 e. The molecule has 0 bridgehead atoms. The van der Waals surface area contributed by atoms with E-state index in [1.807, 2.05) is 0 Å². The number of anilines is 2. The summed E-state index contributed by atoms with van der Waals surface area (Å²) in [6.45, 7) is 1.83. The standard InChI is InChI=1S/C18H18BrFN2O2/c1-24-15-4-5-17(19)16(11-15)18(23)21-13-8-12(20)9-14(10-13)22-6-2-3-7-22/h4-5,8-11H,2-3,6-7H2,1H3,(H,21,23). The largest absolute Gasteiger partial charge is 0.497 e. The van der Waals surface area contributed by atoms with Crippen molar-refractivity contribution in [1.29, 1.82) is 0 Å². The normalized spacial score (nSPS) is 13.9. The Bertz CT molecular complexity index is 761. The molecule has 0 aromatic heterocycles. The van der Waals surface area contributed by atoms with E-state index in [4.69, 9.17) is 4.74 Å². The maximum atomic E-state index is 13.9. The van der Waals surface area contributed by atoms with E-state index in [2.05, 4.69) is 26.1 Å². The molecule has 24 heavy (non-hydrogen) atoms. The number of amides is 1. The molecular formula is C18H18BrFN2O2. The quantitative estimate of drug-likeness (QED) is 0.835. The number of hydrogen-bond donors (Lipinski definition) is 1. The highest BCUT2D eigenvalue weighted by atomic mass is 79.9. The van der Waals surface area contributed by atoms with Gasteiger partial charge in [-0.2, -0.15) is 0 Å². The van der Waals surface area contributed by atoms with E-state index in [1.54, 1.807) is 31.4 Å². The van der Waals surface area contributed by atoms with Crippen LogP contribution in [0.4, 0.5) is 15.8 Å². The minimum atomic E-state index is -0.362. The summed E-state index contributed by atoms with van der Waals surface area (Å²) in [5.74, 6) is -0.0986. The number of nitrogens with zero attached hydrogens (tertiary/aromatic N) is 1. The van der Waals surface area contributed by atoms with Crippen molar-refractivity contribution in [2.75, 3.05) is 30.4 Å². The molecule has 1 amide bonds. The number of carbonyl (C=O) groups excluding carboxylic acids is 1. The molecule has 2 aromatic rings. The molecule has 1 fully saturated rings. The molecule has 0 aliphatic carbocycles. The van der Waals surface area contributed by atoms with Crippen molar-refractivity contribution < 1.29 is 13.9 Å². The number of halogens is 2. The van der Waals surface area contributed by atoms with Gasteiger partial charge in [0, 0.05) is 28.9 Å². The maximum absolute atomic E-state index is 13.9. The van der Waals surface area contributed by atoms with Crippen LogP contribution in [0, 0.1) is 5.82 Å². The topological polar surface area (TPSA) is 41.6 Å². The lowest BCUT2D eigenvalue weighted by Crippen LogP contribution is -2.18. The van der Waals surface area contributed by atoms with Crippen LogP contribution in [0.15, 0.2) is 40.9 Å². The molecule has 1 aliphatic heterocycles. The van der Waals surface area contributed by atoms with Gasteiger partial charge >= 0.3 is 0 Å². The first-order valence-corrected chi connectivity index (χ1v) is 8.56. The number of nitrogens with one attached hydrogen (secondary N) is 1. The first kappa shape index (κ1) is 16.8. The summed E-state index contributed by atoms with van der Waals surface area (Å²) >= 11 is 3.36. The van der Waals surface area contributed by atoms with Crippen LogP contribution in [-0.4, -0.2) is 26.1 Å². The molecule has 6 heteroatoms. The minimum Gasteiger partial charge on any atom is -0.497 e. The first-order valence-electron chi connectivity index (χ1n) is 7.77. The molecule has 3 rings (SSSR count). The molecule has 0 saturated carbocycles. The molecular weight excluding hydrogens is 375 g/mol. The van der Waals surface area contributed by atoms with E-state index in [9.17, 15) is 9.18 Å². The lowest BCUT2D eigenvalue weighted by atomic mass is 10.2. The van der Waals surface area contributed by atoms with Crippen LogP contribution in [0.5, 0.6) is 5.75 Å². The Morgan fingerprint density at radius 1 is 1.21 bits per heavy atom. The van der Waals surface area contributed by atoms with Gasteiger partial charge in [-0.05, 0) is 65.2 Å². The fraction of sp³-hybridized carbons (Fsp3) is 0.278. The van der Waals surface area contributed by atoms with Crippen LogP contribution >= 0.6 is 15.9 Å². The Morgan fingerprint density at radius 2 is 1.96 bits per heavy atom. The van der Waals surface area contributed by atoms with Gasteiger partial charge in [0.25, 0.3) is 5.91 Å². The second-order valence-electron chi connectivity index (χ2n) is 5.69. The summed E-state index contributed by atoms with van der Waals surface area (Å²) in [7, 11) is 1.54. The van der Waals surface area contributed by atoms with Crippen LogP contribution in [0.2, 0.25) is 0 Å². The van der Waals surface area contributed by atoms with Crippen LogP contribution in [0.3, 0.4) is 0 Å². The van der Waals surface area contributed by atoms with E-state index in [0.717, 1.165) is 31.6 Å². The number of hydrogen-bond acceptors (Lipinski definition) is 3. The van der Waals surface area contributed by atoms with Crippen LogP contribution in [0.1, 0.15) is 23.2 Å². The molecule has 2 aromatic carbocycles. The molecule has 1 saturated heterocycles. The molecule has 1 heterocycles. The van der Waals surface area contributed by atoms with Crippen molar-refractivity contribution >= 4 is 33.2 Å². The Kier molecular flexibility index (Phi) is 5.04. The van der Waals surface area contributed by atoms with Gasteiger partial charge in [-0.3, -0.25) is 4.79 Å². The SMILES string of the molecule is COc1ccc(Br)c(C(=O)Nc2cc(F)cc(N3CCCC3)c2)c1. The zero-order valence-electron chi connectivity index (χ0n) is 13.3. The lowest BCUT2D eigenvalue weighted by Gasteiger charge is -2.19. The molecule has 0 unspecified atom stereocenters. The van der Waals surface area contributed by atoms with Gasteiger partial charge < -0.3 is 15.0 Å². The highest BCUT2D eigenvalue weighted by molar-refractivity contribution is 9.10. The number of benzene rings is 2. The molecule has 0 atom stereocenters. The third-order valence-electron chi connectivity index (χ3n) is 4.03. The zero-order valence-corrected chi connectivity index (χ0v) is 14.9. The fourth-order valence-corrected chi connectivity index (χ4v) is 3.23. The van der Waals surface area contributed by atoms with Gasteiger partial charge in [0.05, 0.1) is 12.7 Å². The lowest BCUT2D eigenvalue weighted by molar-refractivity contribution is 0.102. The highest BCUT2D eigenvalue weighted by Gasteiger charge is 2.16. The van der Waals surface area contributed by atoms with Crippen molar-refractivity contribution in [2.45, 2.75) is 12.8 Å². The molecule has 1 N–H and O–H groups in total. The number of rotatable bonds is 4. The van der Waals surface area contributed by atoms with Crippen molar-refractivity contribution in [1.82, 2.24) is 0 Å². The van der Waals surface area contributed by atoms with Crippen LogP contribution < -0.4 is 15.0 Å². The van der Waals surface area contributed by atoms with E-state index < -0.39 is 0 Å². The third kappa shape index (κ3) is 3.70.